The normalized spacial score (nSPS) is 26.9. The van der Waals surface area contributed by atoms with E-state index in [9.17, 15) is 4.79 Å². The van der Waals surface area contributed by atoms with Gasteiger partial charge in [0.25, 0.3) is 0 Å². The van der Waals surface area contributed by atoms with E-state index in [4.69, 9.17) is 5.11 Å². The second-order valence-electron chi connectivity index (χ2n) is 4.90. The van der Waals surface area contributed by atoms with Crippen molar-refractivity contribution < 1.29 is 9.90 Å². The van der Waals surface area contributed by atoms with Crippen molar-refractivity contribution in [1.82, 2.24) is 10.2 Å². The lowest BCUT2D eigenvalue weighted by Gasteiger charge is -2.28. The Morgan fingerprint density at radius 3 is 2.50 bits per heavy atom. The van der Waals surface area contributed by atoms with Crippen molar-refractivity contribution >= 4 is 6.03 Å². The number of amides is 2. The Morgan fingerprint density at radius 2 is 2.00 bits per heavy atom. The zero-order valence-electron chi connectivity index (χ0n) is 10.6. The Hall–Kier alpha value is -0.770. The molecule has 1 heterocycles. The number of likely N-dealkylation sites (tertiary alicyclic amines) is 1. The molecule has 4 nitrogen and oxygen atoms in total. The molecular formula is C12H24N2O2. The van der Waals surface area contributed by atoms with Gasteiger partial charge in [0.1, 0.15) is 0 Å². The lowest BCUT2D eigenvalue weighted by atomic mass is 10.2. The maximum Gasteiger partial charge on any atom is 0.318 e. The molecule has 0 aromatic rings. The first-order chi connectivity index (χ1) is 7.56. The van der Waals surface area contributed by atoms with E-state index in [1.54, 1.807) is 0 Å². The molecule has 1 rings (SSSR count). The highest BCUT2D eigenvalue weighted by molar-refractivity contribution is 5.75. The maximum absolute atomic E-state index is 12.0. The summed E-state index contributed by atoms with van der Waals surface area (Å²) in [6.07, 6.45) is 3.77. The molecule has 1 aliphatic heterocycles. The minimum Gasteiger partial charge on any atom is -0.396 e. The fourth-order valence-corrected chi connectivity index (χ4v) is 2.35. The number of carbonyl (C=O) groups excluding carboxylic acids is 1. The quantitative estimate of drug-likeness (QED) is 0.770. The maximum atomic E-state index is 12.0. The lowest BCUT2D eigenvalue weighted by Crippen LogP contribution is -2.48. The van der Waals surface area contributed by atoms with Crippen LogP contribution in [-0.4, -0.2) is 40.8 Å². The predicted octanol–water partition coefficient (Wildman–Crippen LogP) is 1.73. The number of rotatable bonds is 4. The average molecular weight is 228 g/mol. The van der Waals surface area contributed by atoms with E-state index in [2.05, 4.69) is 19.2 Å². The van der Waals surface area contributed by atoms with Gasteiger partial charge in [-0.15, -0.1) is 0 Å². The van der Waals surface area contributed by atoms with Gasteiger partial charge in [-0.2, -0.15) is 0 Å². The topological polar surface area (TPSA) is 52.6 Å². The highest BCUT2D eigenvalue weighted by atomic mass is 16.3. The molecule has 3 atom stereocenters. The molecule has 1 saturated heterocycles. The minimum atomic E-state index is 0.0444. The average Bonchev–Trinajstić information content (AvgIpc) is 2.55. The van der Waals surface area contributed by atoms with E-state index in [-0.39, 0.29) is 18.7 Å². The van der Waals surface area contributed by atoms with Crippen LogP contribution >= 0.6 is 0 Å². The van der Waals surface area contributed by atoms with Crippen LogP contribution in [0, 0.1) is 0 Å². The van der Waals surface area contributed by atoms with Crippen LogP contribution in [-0.2, 0) is 0 Å². The summed E-state index contributed by atoms with van der Waals surface area (Å²) in [5, 5.41) is 11.7. The Labute approximate surface area is 98.0 Å². The molecule has 1 fully saturated rings. The number of nitrogens with zero attached hydrogens (tertiary/aromatic N) is 1. The molecule has 16 heavy (non-hydrogen) atoms. The zero-order chi connectivity index (χ0) is 12.1. The first kappa shape index (κ1) is 13.3. The molecule has 0 saturated carbocycles. The molecule has 1 aliphatic rings. The van der Waals surface area contributed by atoms with Crippen LogP contribution in [0.3, 0.4) is 0 Å². The van der Waals surface area contributed by atoms with Gasteiger partial charge in [-0.3, -0.25) is 0 Å². The second kappa shape index (κ2) is 6.09. The minimum absolute atomic E-state index is 0.0444. The van der Waals surface area contributed by atoms with Gasteiger partial charge in [0, 0.05) is 24.7 Å². The molecule has 0 aromatic heterocycles. The largest absolute Gasteiger partial charge is 0.396 e. The summed E-state index contributed by atoms with van der Waals surface area (Å²) >= 11 is 0. The fraction of sp³-hybridized carbons (Fsp3) is 0.917. The number of hydrogen-bond donors (Lipinski definition) is 2. The van der Waals surface area contributed by atoms with Crippen LogP contribution in [0.2, 0.25) is 0 Å². The smallest absolute Gasteiger partial charge is 0.318 e. The molecule has 0 spiro atoms. The lowest BCUT2D eigenvalue weighted by molar-refractivity contribution is 0.175. The Kier molecular flexibility index (Phi) is 5.06. The Balaban J connectivity index is 2.39. The van der Waals surface area contributed by atoms with Crippen molar-refractivity contribution in [2.75, 3.05) is 6.61 Å². The summed E-state index contributed by atoms with van der Waals surface area (Å²) in [5.41, 5.74) is 0. The van der Waals surface area contributed by atoms with E-state index in [1.807, 2.05) is 11.8 Å². The number of aliphatic hydroxyl groups is 1. The van der Waals surface area contributed by atoms with Crippen LogP contribution < -0.4 is 5.32 Å². The van der Waals surface area contributed by atoms with Crippen molar-refractivity contribution in [2.45, 2.75) is 64.6 Å². The van der Waals surface area contributed by atoms with Crippen molar-refractivity contribution in [3.05, 3.63) is 0 Å². The SMILES string of the molecule is CC(CCCO)NC(=O)N1C(C)CCC1C. The third-order valence-corrected chi connectivity index (χ3v) is 3.35. The summed E-state index contributed by atoms with van der Waals surface area (Å²) in [5.74, 6) is 0. The molecule has 0 radical (unpaired) electrons. The summed E-state index contributed by atoms with van der Waals surface area (Å²) < 4.78 is 0. The van der Waals surface area contributed by atoms with Crippen LogP contribution in [0.5, 0.6) is 0 Å². The van der Waals surface area contributed by atoms with Crippen LogP contribution in [0.1, 0.15) is 46.5 Å². The van der Waals surface area contributed by atoms with E-state index in [0.717, 1.165) is 25.7 Å². The molecule has 0 aromatic carbocycles. The van der Waals surface area contributed by atoms with Gasteiger partial charge in [0.2, 0.25) is 0 Å². The fourth-order valence-electron chi connectivity index (χ4n) is 2.35. The van der Waals surface area contributed by atoms with Gasteiger partial charge in [0.05, 0.1) is 0 Å². The first-order valence-electron chi connectivity index (χ1n) is 6.26. The molecule has 0 bridgehead atoms. The highest BCUT2D eigenvalue weighted by Crippen LogP contribution is 2.23. The number of aliphatic hydroxyl groups excluding tert-OH is 1. The summed E-state index contributed by atoms with van der Waals surface area (Å²) in [4.78, 5) is 13.9. The predicted molar refractivity (Wildman–Crippen MR) is 64.3 cm³/mol. The Bertz CT molecular complexity index is 223. The van der Waals surface area contributed by atoms with Crippen molar-refractivity contribution in [1.29, 1.82) is 0 Å². The molecule has 4 heteroatoms. The van der Waals surface area contributed by atoms with Crippen molar-refractivity contribution in [3.63, 3.8) is 0 Å². The highest BCUT2D eigenvalue weighted by Gasteiger charge is 2.31. The molecule has 0 aliphatic carbocycles. The van der Waals surface area contributed by atoms with Gasteiger partial charge in [-0.25, -0.2) is 4.79 Å². The number of nitrogens with one attached hydrogen (secondary N) is 1. The van der Waals surface area contributed by atoms with Crippen molar-refractivity contribution in [2.24, 2.45) is 0 Å². The third kappa shape index (κ3) is 3.37. The first-order valence-corrected chi connectivity index (χ1v) is 6.26. The number of hydrogen-bond acceptors (Lipinski definition) is 2. The summed E-state index contributed by atoms with van der Waals surface area (Å²) in [6.45, 7) is 6.37. The van der Waals surface area contributed by atoms with Crippen molar-refractivity contribution in [3.8, 4) is 0 Å². The van der Waals surface area contributed by atoms with Crippen LogP contribution in [0.15, 0.2) is 0 Å². The standard InChI is InChI=1S/C12H24N2O2/c1-9(5-4-8-15)13-12(16)14-10(2)6-7-11(14)3/h9-11,15H,4-8H2,1-3H3,(H,13,16). The van der Waals surface area contributed by atoms with Gasteiger partial charge in [-0.05, 0) is 46.5 Å². The number of urea groups is 1. The molecule has 2 N–H and O–H groups in total. The van der Waals surface area contributed by atoms with E-state index in [1.165, 1.54) is 0 Å². The molecular weight excluding hydrogens is 204 g/mol. The van der Waals surface area contributed by atoms with Gasteiger partial charge in [0.15, 0.2) is 0 Å². The zero-order valence-corrected chi connectivity index (χ0v) is 10.6. The van der Waals surface area contributed by atoms with E-state index >= 15 is 0 Å². The second-order valence-corrected chi connectivity index (χ2v) is 4.90. The third-order valence-electron chi connectivity index (χ3n) is 3.35. The van der Waals surface area contributed by atoms with Gasteiger partial charge < -0.3 is 15.3 Å². The van der Waals surface area contributed by atoms with Gasteiger partial charge in [-0.1, -0.05) is 0 Å². The van der Waals surface area contributed by atoms with Crippen LogP contribution in [0.4, 0.5) is 4.79 Å². The van der Waals surface area contributed by atoms with Gasteiger partial charge >= 0.3 is 6.03 Å². The van der Waals surface area contributed by atoms with Crippen LogP contribution in [0.25, 0.3) is 0 Å². The molecule has 3 unspecified atom stereocenters. The summed E-state index contributed by atoms with van der Waals surface area (Å²) in [6, 6.07) is 0.877. The molecule has 2 amide bonds. The summed E-state index contributed by atoms with van der Waals surface area (Å²) in [7, 11) is 0. The monoisotopic (exact) mass is 228 g/mol. The van der Waals surface area contributed by atoms with E-state index in [0.29, 0.717) is 12.1 Å². The molecule has 94 valence electrons. The number of carbonyl (C=O) groups is 1. The van der Waals surface area contributed by atoms with E-state index < -0.39 is 0 Å². The Morgan fingerprint density at radius 1 is 1.44 bits per heavy atom.